The second-order valence-corrected chi connectivity index (χ2v) is 7.00. The van der Waals surface area contributed by atoms with Crippen molar-refractivity contribution < 1.29 is 4.21 Å². The Morgan fingerprint density at radius 2 is 2.00 bits per heavy atom. The molecule has 0 aromatic rings. The van der Waals surface area contributed by atoms with Gasteiger partial charge in [-0.25, -0.2) is 0 Å². The third-order valence-electron chi connectivity index (χ3n) is 3.63. The molecule has 1 aliphatic carbocycles. The minimum absolute atomic E-state index is 0.356. The molecule has 4 atom stereocenters. The highest BCUT2D eigenvalue weighted by Crippen LogP contribution is 2.25. The largest absolute Gasteiger partial charge is 0.313 e. The van der Waals surface area contributed by atoms with Gasteiger partial charge in [-0.3, -0.25) is 4.21 Å². The maximum Gasteiger partial charge on any atom is 0.0503 e. The van der Waals surface area contributed by atoms with Gasteiger partial charge in [-0.05, 0) is 32.2 Å². The fourth-order valence-electron chi connectivity index (χ4n) is 2.40. The van der Waals surface area contributed by atoms with Crippen molar-refractivity contribution in [1.29, 1.82) is 0 Å². The van der Waals surface area contributed by atoms with E-state index in [1.54, 1.807) is 0 Å². The summed E-state index contributed by atoms with van der Waals surface area (Å²) in [7, 11) is -0.647. The SMILES string of the molecule is CCCNC1CCCCC1S(=O)C(C)CC. The Balaban J connectivity index is 2.55. The zero-order chi connectivity index (χ0) is 12.0. The lowest BCUT2D eigenvalue weighted by Crippen LogP contribution is -2.46. The van der Waals surface area contributed by atoms with E-state index in [1.165, 1.54) is 25.7 Å². The zero-order valence-corrected chi connectivity index (χ0v) is 11.8. The first-order valence-corrected chi connectivity index (χ1v) is 8.11. The average molecular weight is 245 g/mol. The van der Waals surface area contributed by atoms with Crippen LogP contribution in [0.15, 0.2) is 0 Å². The molecule has 0 saturated heterocycles. The summed E-state index contributed by atoms with van der Waals surface area (Å²) in [6, 6.07) is 0.503. The average Bonchev–Trinajstić information content (AvgIpc) is 2.34. The number of hydrogen-bond donors (Lipinski definition) is 1. The minimum Gasteiger partial charge on any atom is -0.313 e. The van der Waals surface area contributed by atoms with Gasteiger partial charge in [0.2, 0.25) is 0 Å². The van der Waals surface area contributed by atoms with Crippen LogP contribution in [0.25, 0.3) is 0 Å². The molecule has 16 heavy (non-hydrogen) atoms. The lowest BCUT2D eigenvalue weighted by Gasteiger charge is -2.33. The van der Waals surface area contributed by atoms with Crippen LogP contribution >= 0.6 is 0 Å². The maximum atomic E-state index is 12.4. The van der Waals surface area contributed by atoms with E-state index in [9.17, 15) is 4.21 Å². The molecule has 1 saturated carbocycles. The van der Waals surface area contributed by atoms with Crippen molar-refractivity contribution in [3.05, 3.63) is 0 Å². The fraction of sp³-hybridized carbons (Fsp3) is 1.00. The van der Waals surface area contributed by atoms with E-state index in [2.05, 4.69) is 26.1 Å². The van der Waals surface area contributed by atoms with Crippen LogP contribution < -0.4 is 5.32 Å². The monoisotopic (exact) mass is 245 g/mol. The molecule has 1 fully saturated rings. The lowest BCUT2D eigenvalue weighted by molar-refractivity contribution is 0.378. The Kier molecular flexibility index (Phi) is 6.59. The molecule has 0 aromatic carbocycles. The van der Waals surface area contributed by atoms with E-state index in [1.807, 2.05) is 0 Å². The molecule has 0 amide bonds. The van der Waals surface area contributed by atoms with E-state index >= 15 is 0 Å². The summed E-state index contributed by atoms with van der Waals surface area (Å²) < 4.78 is 12.4. The molecule has 0 aromatic heterocycles. The van der Waals surface area contributed by atoms with Crippen molar-refractivity contribution in [2.24, 2.45) is 0 Å². The number of hydrogen-bond acceptors (Lipinski definition) is 2. The maximum absolute atomic E-state index is 12.4. The van der Waals surface area contributed by atoms with Gasteiger partial charge >= 0.3 is 0 Å². The van der Waals surface area contributed by atoms with Crippen molar-refractivity contribution in [3.8, 4) is 0 Å². The van der Waals surface area contributed by atoms with Gasteiger partial charge in [0.25, 0.3) is 0 Å². The second kappa shape index (κ2) is 7.44. The molecule has 2 nitrogen and oxygen atoms in total. The van der Waals surface area contributed by atoms with Gasteiger partial charge in [-0.2, -0.15) is 0 Å². The summed E-state index contributed by atoms with van der Waals surface area (Å²) in [4.78, 5) is 0. The Bertz CT molecular complexity index is 220. The lowest BCUT2D eigenvalue weighted by atomic mass is 9.95. The van der Waals surface area contributed by atoms with E-state index < -0.39 is 10.8 Å². The fourth-order valence-corrected chi connectivity index (χ4v) is 4.28. The third kappa shape index (κ3) is 3.85. The smallest absolute Gasteiger partial charge is 0.0503 e. The topological polar surface area (TPSA) is 29.1 Å². The Morgan fingerprint density at radius 1 is 1.31 bits per heavy atom. The van der Waals surface area contributed by atoms with Gasteiger partial charge in [0.15, 0.2) is 0 Å². The quantitative estimate of drug-likeness (QED) is 0.779. The first-order chi connectivity index (χ1) is 7.70. The minimum atomic E-state index is -0.647. The number of rotatable bonds is 6. The summed E-state index contributed by atoms with van der Waals surface area (Å²) in [5, 5.41) is 4.34. The summed E-state index contributed by atoms with van der Waals surface area (Å²) in [6.07, 6.45) is 7.13. The normalized spacial score (nSPS) is 29.9. The van der Waals surface area contributed by atoms with E-state index in [0.717, 1.165) is 19.4 Å². The summed E-state index contributed by atoms with van der Waals surface area (Å²) in [5.41, 5.74) is 0. The first kappa shape index (κ1) is 14.2. The number of nitrogens with one attached hydrogen (secondary N) is 1. The third-order valence-corrected chi connectivity index (χ3v) is 5.92. The Labute approximate surface area is 103 Å². The molecule has 1 N–H and O–H groups in total. The molecule has 1 rings (SSSR count). The zero-order valence-electron chi connectivity index (χ0n) is 11.0. The molecule has 0 heterocycles. The van der Waals surface area contributed by atoms with Gasteiger partial charge in [-0.1, -0.05) is 33.6 Å². The van der Waals surface area contributed by atoms with E-state index in [0.29, 0.717) is 16.5 Å². The molecule has 96 valence electrons. The molecule has 0 radical (unpaired) electrons. The molecule has 0 spiro atoms. The summed E-state index contributed by atoms with van der Waals surface area (Å²) in [6.45, 7) is 7.52. The highest BCUT2D eigenvalue weighted by Gasteiger charge is 2.31. The molecule has 1 aliphatic rings. The van der Waals surface area contributed by atoms with Crippen LogP contribution in [-0.2, 0) is 10.8 Å². The van der Waals surface area contributed by atoms with Crippen molar-refractivity contribution >= 4 is 10.8 Å². The van der Waals surface area contributed by atoms with Crippen LogP contribution in [0.2, 0.25) is 0 Å². The Morgan fingerprint density at radius 3 is 2.62 bits per heavy atom. The van der Waals surface area contributed by atoms with Crippen LogP contribution in [-0.4, -0.2) is 27.3 Å². The van der Waals surface area contributed by atoms with Crippen LogP contribution in [0.4, 0.5) is 0 Å². The van der Waals surface area contributed by atoms with Gasteiger partial charge in [0.1, 0.15) is 0 Å². The summed E-state index contributed by atoms with van der Waals surface area (Å²) in [5.74, 6) is 0. The van der Waals surface area contributed by atoms with Crippen molar-refractivity contribution in [1.82, 2.24) is 5.32 Å². The molecule has 0 aliphatic heterocycles. The van der Waals surface area contributed by atoms with Crippen molar-refractivity contribution in [2.75, 3.05) is 6.54 Å². The van der Waals surface area contributed by atoms with Gasteiger partial charge < -0.3 is 5.32 Å². The van der Waals surface area contributed by atoms with Crippen LogP contribution in [0, 0.1) is 0 Å². The predicted octanol–water partition coefficient (Wildman–Crippen LogP) is 2.84. The van der Waals surface area contributed by atoms with Gasteiger partial charge in [0.05, 0.1) is 5.25 Å². The molecule has 3 heteroatoms. The molecular weight excluding hydrogens is 218 g/mol. The van der Waals surface area contributed by atoms with Gasteiger partial charge in [-0.15, -0.1) is 0 Å². The molecule has 4 unspecified atom stereocenters. The van der Waals surface area contributed by atoms with Crippen molar-refractivity contribution in [2.45, 2.75) is 75.8 Å². The first-order valence-electron chi connectivity index (χ1n) is 6.83. The highest BCUT2D eigenvalue weighted by molar-refractivity contribution is 7.86. The van der Waals surface area contributed by atoms with E-state index in [-0.39, 0.29) is 0 Å². The summed E-state index contributed by atoms with van der Waals surface area (Å²) >= 11 is 0. The predicted molar refractivity (Wildman–Crippen MR) is 72.2 cm³/mol. The molecular formula is C13H27NOS. The molecule has 0 bridgehead atoms. The van der Waals surface area contributed by atoms with Crippen LogP contribution in [0.1, 0.15) is 59.3 Å². The highest BCUT2D eigenvalue weighted by atomic mass is 32.2. The van der Waals surface area contributed by atoms with Crippen LogP contribution in [0.3, 0.4) is 0 Å². The van der Waals surface area contributed by atoms with Gasteiger partial charge in [0, 0.05) is 22.1 Å². The Hall–Kier alpha value is 0.110. The van der Waals surface area contributed by atoms with Crippen LogP contribution in [0.5, 0.6) is 0 Å². The standard InChI is InChI=1S/C13H27NOS/c1-4-10-14-12-8-6-7-9-13(12)16(15)11(3)5-2/h11-14H,4-10H2,1-3H3. The van der Waals surface area contributed by atoms with E-state index in [4.69, 9.17) is 0 Å². The second-order valence-electron chi connectivity index (χ2n) is 4.93. The van der Waals surface area contributed by atoms with Crippen molar-refractivity contribution in [3.63, 3.8) is 0 Å².